The Morgan fingerprint density at radius 3 is 2.66 bits per heavy atom. The van der Waals surface area contributed by atoms with Crippen molar-refractivity contribution in [3.8, 4) is 6.07 Å². The first-order valence-corrected chi connectivity index (χ1v) is 11.5. The third-order valence-electron chi connectivity index (χ3n) is 6.03. The first kappa shape index (κ1) is 23.7. The largest absolute Gasteiger partial charge is 0.441 e. The number of amides is 1. The molecule has 1 aromatic heterocycles. The van der Waals surface area contributed by atoms with Gasteiger partial charge in [-0.15, -0.1) is 0 Å². The number of nitriles is 1. The summed E-state index contributed by atoms with van der Waals surface area (Å²) in [4.78, 5) is 31.6. The van der Waals surface area contributed by atoms with E-state index >= 15 is 0 Å². The van der Waals surface area contributed by atoms with Gasteiger partial charge >= 0.3 is 5.76 Å². The normalized spacial score (nSPS) is 17.1. The van der Waals surface area contributed by atoms with E-state index in [1.54, 1.807) is 18.2 Å². The Kier molecular flexibility index (Phi) is 7.86. The number of carbonyl (C=O) groups excluding carboxylic acids is 1. The molecule has 8 heteroatoms. The monoisotopic (exact) mass is 439 g/mol. The standard InChI is InChI=1S/C24H33N5O3/c1-4-13-29-14-11-24(16-25,12-15-29)28-22(30)19(10-9-17(2)3)26-21-18-7-5-6-8-20(18)32-23(31)27-21/h5-8,17,19H,4,9-15H2,1-3H3,(H,28,30)(H,26,27,31). The van der Waals surface area contributed by atoms with Gasteiger partial charge in [0.2, 0.25) is 5.91 Å². The fourth-order valence-electron chi connectivity index (χ4n) is 4.13. The van der Waals surface area contributed by atoms with E-state index in [9.17, 15) is 14.9 Å². The molecule has 2 heterocycles. The van der Waals surface area contributed by atoms with Crippen LogP contribution >= 0.6 is 0 Å². The highest BCUT2D eigenvalue weighted by Gasteiger charge is 2.37. The van der Waals surface area contributed by atoms with E-state index in [1.807, 2.05) is 6.07 Å². The first-order valence-electron chi connectivity index (χ1n) is 11.5. The minimum absolute atomic E-state index is 0.240. The van der Waals surface area contributed by atoms with E-state index < -0.39 is 17.3 Å². The molecule has 172 valence electrons. The van der Waals surface area contributed by atoms with Gasteiger partial charge in [-0.05, 0) is 56.7 Å². The lowest BCUT2D eigenvalue weighted by Gasteiger charge is -2.38. The Bertz CT molecular complexity index is 1020. The Hall–Kier alpha value is -2.92. The molecule has 2 aromatic rings. The predicted octanol–water partition coefficient (Wildman–Crippen LogP) is 3.29. The second-order valence-electron chi connectivity index (χ2n) is 9.02. The second kappa shape index (κ2) is 10.6. The van der Waals surface area contributed by atoms with Gasteiger partial charge in [0, 0.05) is 13.1 Å². The molecule has 1 atom stereocenters. The van der Waals surface area contributed by atoms with E-state index in [-0.39, 0.29) is 5.91 Å². The lowest BCUT2D eigenvalue weighted by molar-refractivity contribution is -0.123. The van der Waals surface area contributed by atoms with Crippen LogP contribution < -0.4 is 16.4 Å². The Morgan fingerprint density at radius 2 is 2.00 bits per heavy atom. The summed E-state index contributed by atoms with van der Waals surface area (Å²) >= 11 is 0. The number of fused-ring (bicyclic) bond motifs is 1. The number of anilines is 1. The van der Waals surface area contributed by atoms with Gasteiger partial charge in [-0.1, -0.05) is 32.9 Å². The predicted molar refractivity (Wildman–Crippen MR) is 124 cm³/mol. The zero-order valence-electron chi connectivity index (χ0n) is 19.2. The fourth-order valence-corrected chi connectivity index (χ4v) is 4.13. The summed E-state index contributed by atoms with van der Waals surface area (Å²) in [6.45, 7) is 8.92. The van der Waals surface area contributed by atoms with Crippen molar-refractivity contribution in [3.05, 3.63) is 34.8 Å². The quantitative estimate of drug-likeness (QED) is 0.617. The maximum atomic E-state index is 13.4. The van der Waals surface area contributed by atoms with Crippen molar-refractivity contribution < 1.29 is 9.21 Å². The highest BCUT2D eigenvalue weighted by molar-refractivity contribution is 5.91. The van der Waals surface area contributed by atoms with Gasteiger partial charge in [-0.3, -0.25) is 4.79 Å². The molecule has 3 rings (SSSR count). The van der Waals surface area contributed by atoms with Crippen molar-refractivity contribution in [2.75, 3.05) is 25.0 Å². The van der Waals surface area contributed by atoms with Crippen molar-refractivity contribution in [1.82, 2.24) is 15.2 Å². The highest BCUT2D eigenvalue weighted by atomic mass is 16.4. The fraction of sp³-hybridized carbons (Fsp3) is 0.583. The molecule has 0 radical (unpaired) electrons. The van der Waals surface area contributed by atoms with Crippen LogP contribution in [0.2, 0.25) is 0 Å². The minimum atomic E-state index is -0.871. The molecule has 1 unspecified atom stereocenters. The van der Waals surface area contributed by atoms with Gasteiger partial charge in [0.05, 0.1) is 11.5 Å². The number of piperidine rings is 1. The van der Waals surface area contributed by atoms with Crippen molar-refractivity contribution in [1.29, 1.82) is 5.26 Å². The van der Waals surface area contributed by atoms with Crippen LogP contribution in [0.15, 0.2) is 33.5 Å². The van der Waals surface area contributed by atoms with Crippen LogP contribution in [0.4, 0.5) is 5.82 Å². The molecule has 1 amide bonds. The Morgan fingerprint density at radius 1 is 1.28 bits per heavy atom. The molecule has 0 spiro atoms. The van der Waals surface area contributed by atoms with Crippen molar-refractivity contribution in [2.45, 2.75) is 64.5 Å². The lowest BCUT2D eigenvalue weighted by Crippen LogP contribution is -2.57. The summed E-state index contributed by atoms with van der Waals surface area (Å²) in [5, 5.41) is 16.7. The minimum Gasteiger partial charge on any atom is -0.408 e. The molecule has 1 aromatic carbocycles. The molecule has 2 N–H and O–H groups in total. The average Bonchev–Trinajstić information content (AvgIpc) is 2.77. The van der Waals surface area contributed by atoms with E-state index in [0.29, 0.717) is 42.0 Å². The summed E-state index contributed by atoms with van der Waals surface area (Å²) in [7, 11) is 0. The van der Waals surface area contributed by atoms with Crippen LogP contribution in [0.5, 0.6) is 0 Å². The summed E-state index contributed by atoms with van der Waals surface area (Å²) in [5.41, 5.74) is -0.459. The number of hydrogen-bond acceptors (Lipinski definition) is 7. The van der Waals surface area contributed by atoms with Crippen LogP contribution in [0.1, 0.15) is 52.9 Å². The van der Waals surface area contributed by atoms with E-state index in [0.717, 1.165) is 32.5 Å². The number of hydrogen-bond donors (Lipinski definition) is 2. The third-order valence-corrected chi connectivity index (χ3v) is 6.03. The summed E-state index contributed by atoms with van der Waals surface area (Å²) in [6, 6.07) is 8.85. The molecule has 1 aliphatic heterocycles. The number of para-hydroxylation sites is 1. The van der Waals surface area contributed by atoms with Crippen LogP contribution in [-0.2, 0) is 4.79 Å². The number of carbonyl (C=O) groups is 1. The van der Waals surface area contributed by atoms with Gasteiger partial charge in [0.1, 0.15) is 23.0 Å². The Balaban J connectivity index is 1.81. The van der Waals surface area contributed by atoms with E-state index in [1.165, 1.54) is 0 Å². The maximum absolute atomic E-state index is 13.4. The SMILES string of the molecule is CCCN1CCC(C#N)(NC(=O)C(CCC(C)C)Nc2nc(=O)oc3ccccc23)CC1. The number of aromatic nitrogens is 1. The molecule has 32 heavy (non-hydrogen) atoms. The van der Waals surface area contributed by atoms with Crippen LogP contribution in [-0.4, -0.2) is 47.0 Å². The maximum Gasteiger partial charge on any atom is 0.441 e. The van der Waals surface area contributed by atoms with Gasteiger partial charge in [-0.2, -0.15) is 10.2 Å². The summed E-state index contributed by atoms with van der Waals surface area (Å²) in [6.07, 6.45) is 3.64. The molecule has 1 fully saturated rings. The van der Waals surface area contributed by atoms with Gasteiger partial charge in [0.25, 0.3) is 0 Å². The smallest absolute Gasteiger partial charge is 0.408 e. The molecule has 1 aliphatic rings. The number of nitrogens with one attached hydrogen (secondary N) is 2. The van der Waals surface area contributed by atoms with Crippen molar-refractivity contribution in [2.24, 2.45) is 5.92 Å². The van der Waals surface area contributed by atoms with Crippen LogP contribution in [0, 0.1) is 17.2 Å². The van der Waals surface area contributed by atoms with Gasteiger partial charge in [0.15, 0.2) is 0 Å². The molecular weight excluding hydrogens is 406 g/mol. The number of likely N-dealkylation sites (tertiary alicyclic amines) is 1. The average molecular weight is 440 g/mol. The molecule has 0 saturated carbocycles. The number of rotatable bonds is 9. The number of nitrogens with zero attached hydrogens (tertiary/aromatic N) is 3. The molecular formula is C24H33N5O3. The van der Waals surface area contributed by atoms with Crippen LogP contribution in [0.25, 0.3) is 11.0 Å². The van der Waals surface area contributed by atoms with Gasteiger partial charge < -0.3 is 20.0 Å². The van der Waals surface area contributed by atoms with Gasteiger partial charge in [-0.25, -0.2) is 4.79 Å². The molecule has 0 aliphatic carbocycles. The zero-order chi connectivity index (χ0) is 23.1. The summed E-state index contributed by atoms with van der Waals surface area (Å²) in [5.74, 6) is -0.231. The molecule has 1 saturated heterocycles. The zero-order valence-corrected chi connectivity index (χ0v) is 19.2. The molecule has 8 nitrogen and oxygen atoms in total. The lowest BCUT2D eigenvalue weighted by atomic mass is 9.88. The van der Waals surface area contributed by atoms with E-state index in [2.05, 4.69) is 47.4 Å². The third kappa shape index (κ3) is 5.86. The van der Waals surface area contributed by atoms with Crippen molar-refractivity contribution >= 4 is 22.7 Å². The summed E-state index contributed by atoms with van der Waals surface area (Å²) < 4.78 is 5.17. The highest BCUT2D eigenvalue weighted by Crippen LogP contribution is 2.24. The van der Waals surface area contributed by atoms with Crippen LogP contribution in [0.3, 0.4) is 0 Å². The molecule has 0 bridgehead atoms. The van der Waals surface area contributed by atoms with E-state index in [4.69, 9.17) is 4.42 Å². The number of benzene rings is 1. The first-order chi connectivity index (χ1) is 15.4. The second-order valence-corrected chi connectivity index (χ2v) is 9.02. The topological polar surface area (TPSA) is 111 Å². The Labute approximate surface area is 189 Å². The van der Waals surface area contributed by atoms with Crippen molar-refractivity contribution in [3.63, 3.8) is 0 Å².